The molecular formula is C20H20N4O5. The fraction of sp³-hybridized carbons (Fsp3) is 0.250. The Morgan fingerprint density at radius 1 is 1.07 bits per heavy atom. The van der Waals surface area contributed by atoms with Crippen LogP contribution in [0.1, 0.15) is 38.3 Å². The highest BCUT2D eigenvalue weighted by molar-refractivity contribution is 6.21. The van der Waals surface area contributed by atoms with Crippen LogP contribution in [0.3, 0.4) is 0 Å². The van der Waals surface area contributed by atoms with E-state index in [2.05, 4.69) is 10.6 Å². The summed E-state index contributed by atoms with van der Waals surface area (Å²) in [6.07, 6.45) is 0.366. The minimum absolute atomic E-state index is 0.0353. The van der Waals surface area contributed by atoms with E-state index in [1.807, 2.05) is 31.2 Å². The Hall–Kier alpha value is -3.75. The van der Waals surface area contributed by atoms with Gasteiger partial charge in [-0.05, 0) is 30.5 Å². The fourth-order valence-corrected chi connectivity index (χ4v) is 3.08. The predicted molar refractivity (Wildman–Crippen MR) is 104 cm³/mol. The molecule has 0 spiro atoms. The maximum absolute atomic E-state index is 12.4. The van der Waals surface area contributed by atoms with Gasteiger partial charge in [-0.1, -0.05) is 24.3 Å². The van der Waals surface area contributed by atoms with Gasteiger partial charge in [-0.25, -0.2) is 4.79 Å². The predicted octanol–water partition coefficient (Wildman–Crippen LogP) is 2.39. The molecule has 1 aliphatic heterocycles. The Kier molecular flexibility index (Phi) is 5.87. The third-order valence-corrected chi connectivity index (χ3v) is 4.71. The number of nitrogens with one attached hydrogen (secondary N) is 2. The lowest BCUT2D eigenvalue weighted by Crippen LogP contribution is -2.38. The van der Waals surface area contributed by atoms with Gasteiger partial charge in [0.2, 0.25) is 0 Å². The first-order valence-electron chi connectivity index (χ1n) is 9.09. The van der Waals surface area contributed by atoms with E-state index >= 15 is 0 Å². The van der Waals surface area contributed by atoms with Gasteiger partial charge >= 0.3 is 6.03 Å². The van der Waals surface area contributed by atoms with E-state index in [0.29, 0.717) is 13.0 Å². The van der Waals surface area contributed by atoms with E-state index < -0.39 is 16.7 Å². The van der Waals surface area contributed by atoms with Gasteiger partial charge in [0.15, 0.2) is 0 Å². The highest BCUT2D eigenvalue weighted by atomic mass is 16.6. The van der Waals surface area contributed by atoms with E-state index in [1.54, 1.807) is 0 Å². The Morgan fingerprint density at radius 2 is 1.79 bits per heavy atom. The van der Waals surface area contributed by atoms with Crippen molar-refractivity contribution in [2.45, 2.75) is 19.9 Å². The summed E-state index contributed by atoms with van der Waals surface area (Å²) in [6.45, 7) is 2.74. The molecule has 9 heteroatoms. The zero-order valence-corrected chi connectivity index (χ0v) is 15.8. The molecule has 1 aliphatic rings. The summed E-state index contributed by atoms with van der Waals surface area (Å²) in [5.74, 6) is -1.04. The van der Waals surface area contributed by atoms with Crippen molar-refractivity contribution in [2.24, 2.45) is 0 Å². The maximum atomic E-state index is 12.4. The second-order valence-electron chi connectivity index (χ2n) is 6.64. The smallest absolute Gasteiger partial charge is 0.315 e. The van der Waals surface area contributed by atoms with E-state index in [9.17, 15) is 24.5 Å². The molecule has 0 atom stereocenters. The number of hydrogen-bond acceptors (Lipinski definition) is 5. The molecule has 2 aromatic carbocycles. The normalized spacial score (nSPS) is 12.7. The average Bonchev–Trinajstić information content (AvgIpc) is 2.94. The number of benzene rings is 2. The molecule has 3 rings (SSSR count). The van der Waals surface area contributed by atoms with Gasteiger partial charge in [-0.2, -0.15) is 0 Å². The number of imide groups is 1. The van der Waals surface area contributed by atoms with Crippen molar-refractivity contribution in [1.82, 2.24) is 15.5 Å². The largest absolute Gasteiger partial charge is 0.338 e. The van der Waals surface area contributed by atoms with Crippen LogP contribution in [0.25, 0.3) is 0 Å². The van der Waals surface area contributed by atoms with Crippen molar-refractivity contribution < 1.29 is 19.3 Å². The highest BCUT2D eigenvalue weighted by Crippen LogP contribution is 2.26. The standard InChI is InChI=1S/C20H20N4O5/c1-13-5-2-3-6-14(13)12-22-20(27)21-9-4-10-23-18(25)16-8-7-15(24(28)29)11-17(16)19(23)26/h2-3,5-8,11H,4,9-10,12H2,1H3,(H2,21,22,27). The molecule has 29 heavy (non-hydrogen) atoms. The first-order valence-corrected chi connectivity index (χ1v) is 9.09. The van der Waals surface area contributed by atoms with Gasteiger partial charge in [-0.15, -0.1) is 0 Å². The van der Waals surface area contributed by atoms with Crippen molar-refractivity contribution in [2.75, 3.05) is 13.1 Å². The number of nitro groups is 1. The summed E-state index contributed by atoms with van der Waals surface area (Å²) >= 11 is 0. The van der Waals surface area contributed by atoms with Crippen LogP contribution in [0.4, 0.5) is 10.5 Å². The lowest BCUT2D eigenvalue weighted by Gasteiger charge is -2.14. The highest BCUT2D eigenvalue weighted by Gasteiger charge is 2.36. The Morgan fingerprint density at radius 3 is 2.52 bits per heavy atom. The number of nitro benzene ring substituents is 1. The number of carbonyl (C=O) groups is 3. The van der Waals surface area contributed by atoms with E-state index in [0.717, 1.165) is 22.1 Å². The topological polar surface area (TPSA) is 122 Å². The van der Waals surface area contributed by atoms with Gasteiger partial charge in [0, 0.05) is 31.8 Å². The number of aryl methyl sites for hydroxylation is 1. The molecule has 0 saturated heterocycles. The molecule has 0 saturated carbocycles. The zero-order valence-electron chi connectivity index (χ0n) is 15.8. The summed E-state index contributed by atoms with van der Waals surface area (Å²) < 4.78 is 0. The molecule has 150 valence electrons. The summed E-state index contributed by atoms with van der Waals surface area (Å²) in [5, 5.41) is 16.3. The van der Waals surface area contributed by atoms with Crippen molar-refractivity contribution in [1.29, 1.82) is 0 Å². The summed E-state index contributed by atoms with van der Waals surface area (Å²) in [6, 6.07) is 11.0. The van der Waals surface area contributed by atoms with Crippen LogP contribution in [0, 0.1) is 17.0 Å². The third kappa shape index (κ3) is 4.40. The average molecular weight is 396 g/mol. The fourth-order valence-electron chi connectivity index (χ4n) is 3.08. The summed E-state index contributed by atoms with van der Waals surface area (Å²) in [7, 11) is 0. The Balaban J connectivity index is 1.46. The van der Waals surface area contributed by atoms with Gasteiger partial charge in [0.1, 0.15) is 0 Å². The second kappa shape index (κ2) is 8.51. The number of rotatable bonds is 7. The van der Waals surface area contributed by atoms with E-state index in [1.165, 1.54) is 12.1 Å². The van der Waals surface area contributed by atoms with Gasteiger partial charge in [0.05, 0.1) is 16.1 Å². The lowest BCUT2D eigenvalue weighted by molar-refractivity contribution is -0.384. The van der Waals surface area contributed by atoms with Crippen LogP contribution < -0.4 is 10.6 Å². The number of carbonyl (C=O) groups excluding carboxylic acids is 3. The van der Waals surface area contributed by atoms with Crippen LogP contribution >= 0.6 is 0 Å². The number of hydrogen-bond donors (Lipinski definition) is 2. The minimum atomic E-state index is -0.611. The molecule has 2 aromatic rings. The SMILES string of the molecule is Cc1ccccc1CNC(=O)NCCCN1C(=O)c2ccc([N+](=O)[O-])cc2C1=O. The zero-order chi connectivity index (χ0) is 21.0. The molecule has 0 unspecified atom stereocenters. The van der Waals surface area contributed by atoms with Gasteiger partial charge in [0.25, 0.3) is 17.5 Å². The molecule has 4 amide bonds. The summed E-state index contributed by atoms with van der Waals surface area (Å²) in [5.41, 5.74) is 2.05. The van der Waals surface area contributed by atoms with Gasteiger partial charge < -0.3 is 10.6 Å². The van der Waals surface area contributed by atoms with Crippen molar-refractivity contribution in [3.63, 3.8) is 0 Å². The lowest BCUT2D eigenvalue weighted by atomic mass is 10.1. The summed E-state index contributed by atoms with van der Waals surface area (Å²) in [4.78, 5) is 47.9. The number of amides is 4. The molecule has 1 heterocycles. The van der Waals surface area contributed by atoms with Crippen LogP contribution in [-0.4, -0.2) is 40.8 Å². The maximum Gasteiger partial charge on any atom is 0.315 e. The molecule has 0 aliphatic carbocycles. The number of nitrogens with zero attached hydrogens (tertiary/aromatic N) is 2. The monoisotopic (exact) mass is 396 g/mol. The molecule has 9 nitrogen and oxygen atoms in total. The number of urea groups is 1. The first-order chi connectivity index (χ1) is 13.9. The van der Waals surface area contributed by atoms with Gasteiger partial charge in [-0.3, -0.25) is 24.6 Å². The van der Waals surface area contributed by atoms with Crippen LogP contribution in [0.15, 0.2) is 42.5 Å². The number of fused-ring (bicyclic) bond motifs is 1. The molecule has 0 bridgehead atoms. The van der Waals surface area contributed by atoms with E-state index in [-0.39, 0.29) is 35.9 Å². The molecule has 2 N–H and O–H groups in total. The number of non-ortho nitro benzene ring substituents is 1. The second-order valence-corrected chi connectivity index (χ2v) is 6.64. The Bertz CT molecular complexity index is 989. The van der Waals surface area contributed by atoms with Crippen LogP contribution in [-0.2, 0) is 6.54 Å². The van der Waals surface area contributed by atoms with Crippen LogP contribution in [0.5, 0.6) is 0 Å². The minimum Gasteiger partial charge on any atom is -0.338 e. The van der Waals surface area contributed by atoms with Crippen molar-refractivity contribution in [3.05, 3.63) is 74.8 Å². The molecular weight excluding hydrogens is 376 g/mol. The van der Waals surface area contributed by atoms with E-state index in [4.69, 9.17) is 0 Å². The quantitative estimate of drug-likeness (QED) is 0.322. The third-order valence-electron chi connectivity index (χ3n) is 4.71. The van der Waals surface area contributed by atoms with Crippen LogP contribution in [0.2, 0.25) is 0 Å². The molecule has 0 aromatic heterocycles. The molecule has 0 fully saturated rings. The Labute approximate surface area is 166 Å². The van der Waals surface area contributed by atoms with Crippen molar-refractivity contribution in [3.8, 4) is 0 Å². The molecule has 0 radical (unpaired) electrons. The first kappa shape index (κ1) is 20.0. The van der Waals surface area contributed by atoms with Crippen molar-refractivity contribution >= 4 is 23.5 Å².